The van der Waals surface area contributed by atoms with Crippen molar-refractivity contribution >= 4 is 0 Å². The summed E-state index contributed by atoms with van der Waals surface area (Å²) in [6.45, 7) is 10.4. The van der Waals surface area contributed by atoms with Gasteiger partial charge in [0.25, 0.3) is 0 Å². The van der Waals surface area contributed by atoms with Gasteiger partial charge in [0.1, 0.15) is 0 Å². The van der Waals surface area contributed by atoms with Gasteiger partial charge in [0.05, 0.1) is 11.2 Å². The van der Waals surface area contributed by atoms with Crippen LogP contribution < -0.4 is 0 Å². The Balaban J connectivity index is 1.20. The first-order valence-corrected chi connectivity index (χ1v) is 15.1. The Labute approximate surface area is 215 Å². The van der Waals surface area contributed by atoms with E-state index in [9.17, 15) is 0 Å². The highest BCUT2D eigenvalue weighted by Gasteiger charge is 2.67. The Bertz CT molecular complexity index is 892. The molecule has 3 aliphatic carbocycles. The van der Waals surface area contributed by atoms with Crippen molar-refractivity contribution in [3.63, 3.8) is 0 Å². The molecule has 2 saturated heterocycles. The van der Waals surface area contributed by atoms with E-state index in [4.69, 9.17) is 4.74 Å². The van der Waals surface area contributed by atoms with Crippen LogP contribution in [0.15, 0.2) is 23.3 Å². The molecule has 3 nitrogen and oxygen atoms in total. The molecule has 0 amide bonds. The van der Waals surface area contributed by atoms with Crippen LogP contribution in [0.4, 0.5) is 0 Å². The van der Waals surface area contributed by atoms with Gasteiger partial charge in [0, 0.05) is 12.6 Å². The van der Waals surface area contributed by atoms with E-state index in [1.807, 2.05) is 0 Å². The minimum atomic E-state index is 0.00290. The molecule has 2 bridgehead atoms. The van der Waals surface area contributed by atoms with Crippen molar-refractivity contribution in [2.45, 2.75) is 109 Å². The fourth-order valence-corrected chi connectivity index (χ4v) is 10.3. The van der Waals surface area contributed by atoms with Gasteiger partial charge in [-0.1, -0.05) is 39.3 Å². The molecule has 4 fully saturated rings. The summed E-state index contributed by atoms with van der Waals surface area (Å²) in [7, 11) is 6.80. The van der Waals surface area contributed by atoms with E-state index in [-0.39, 0.29) is 11.2 Å². The number of hydrogen-bond acceptors (Lipinski definition) is 3. The molecule has 2 saturated carbocycles. The SMILES string of the molecule is CC1CN(C)CC[C@@H]1CC[C@@H](C)[C@H]1CC[C@@H]2[C@]1(C)CCC1=CC3=CC[C@@H](N(C)C)C[C@]34CC[C@@]12O4. The van der Waals surface area contributed by atoms with Crippen LogP contribution in [-0.4, -0.2) is 61.3 Å². The Hall–Kier alpha value is -0.640. The van der Waals surface area contributed by atoms with Gasteiger partial charge in [-0.2, -0.15) is 0 Å². The number of fused-ring (bicyclic) bond motifs is 1. The smallest absolute Gasteiger partial charge is 0.0956 e. The van der Waals surface area contributed by atoms with Gasteiger partial charge in [-0.05, 0) is 138 Å². The number of ether oxygens (including phenoxy) is 1. The summed E-state index contributed by atoms with van der Waals surface area (Å²) in [5.74, 6) is 4.26. The van der Waals surface area contributed by atoms with Crippen molar-refractivity contribution in [1.82, 2.24) is 9.80 Å². The number of hydrogen-bond donors (Lipinski definition) is 0. The van der Waals surface area contributed by atoms with E-state index in [0.717, 1.165) is 29.6 Å². The summed E-state index contributed by atoms with van der Waals surface area (Å²) in [5, 5.41) is 0. The molecule has 196 valence electrons. The fourth-order valence-electron chi connectivity index (χ4n) is 10.3. The standard InChI is InChI=1S/C32H52N2O/c1-22(7-8-24-14-18-34(6)21-23(24)2)28-11-12-29-30(28,3)15-13-26-19-25-9-10-27(33(4)5)20-31(25)16-17-32(26,29)35-31/h9,19,22-24,27-29H,7-8,10-18,20-21H2,1-6H3/t22-,23?,24+,27-,28-,29-,30-,31-,32-/m1/s1. The summed E-state index contributed by atoms with van der Waals surface area (Å²) < 4.78 is 7.48. The summed E-state index contributed by atoms with van der Waals surface area (Å²) in [6, 6.07) is 0.622. The molecular formula is C32H52N2O. The molecule has 3 aliphatic heterocycles. The lowest BCUT2D eigenvalue weighted by molar-refractivity contribution is -0.149. The Morgan fingerprint density at radius 1 is 1.17 bits per heavy atom. The average Bonchev–Trinajstić information content (AvgIpc) is 3.33. The maximum absolute atomic E-state index is 7.48. The molecule has 1 unspecified atom stereocenters. The predicted molar refractivity (Wildman–Crippen MR) is 145 cm³/mol. The zero-order valence-electron chi connectivity index (χ0n) is 23.6. The van der Waals surface area contributed by atoms with Crippen LogP contribution in [0.1, 0.15) is 91.4 Å². The maximum Gasteiger partial charge on any atom is 0.0956 e. The van der Waals surface area contributed by atoms with Gasteiger partial charge >= 0.3 is 0 Å². The van der Waals surface area contributed by atoms with Crippen LogP contribution in [0.25, 0.3) is 0 Å². The largest absolute Gasteiger partial charge is 0.359 e. The predicted octanol–water partition coefficient (Wildman–Crippen LogP) is 6.70. The Morgan fingerprint density at radius 3 is 2.77 bits per heavy atom. The van der Waals surface area contributed by atoms with E-state index >= 15 is 0 Å². The van der Waals surface area contributed by atoms with Crippen molar-refractivity contribution in [1.29, 1.82) is 0 Å². The molecular weight excluding hydrogens is 428 g/mol. The van der Waals surface area contributed by atoms with Crippen LogP contribution in [0.2, 0.25) is 0 Å². The second kappa shape index (κ2) is 8.70. The van der Waals surface area contributed by atoms with E-state index in [1.165, 1.54) is 89.3 Å². The van der Waals surface area contributed by atoms with Gasteiger partial charge in [0.2, 0.25) is 0 Å². The van der Waals surface area contributed by atoms with Gasteiger partial charge in [-0.25, -0.2) is 0 Å². The van der Waals surface area contributed by atoms with Crippen LogP contribution >= 0.6 is 0 Å². The first-order chi connectivity index (χ1) is 16.7. The van der Waals surface area contributed by atoms with Crippen LogP contribution in [-0.2, 0) is 4.74 Å². The highest BCUT2D eigenvalue weighted by atomic mass is 16.5. The summed E-state index contributed by atoms with van der Waals surface area (Å²) in [4.78, 5) is 4.96. The third-order valence-electron chi connectivity index (χ3n) is 12.5. The van der Waals surface area contributed by atoms with Crippen LogP contribution in [0.5, 0.6) is 0 Å². The van der Waals surface area contributed by atoms with Crippen molar-refractivity contribution < 1.29 is 4.74 Å². The zero-order valence-corrected chi connectivity index (χ0v) is 23.6. The van der Waals surface area contributed by atoms with Crippen LogP contribution in [0.3, 0.4) is 0 Å². The fraction of sp³-hybridized carbons (Fsp3) is 0.875. The first-order valence-electron chi connectivity index (χ1n) is 15.1. The molecule has 9 atom stereocenters. The molecule has 3 heterocycles. The Morgan fingerprint density at radius 2 is 2.00 bits per heavy atom. The quantitative estimate of drug-likeness (QED) is 0.436. The van der Waals surface area contributed by atoms with Crippen molar-refractivity contribution in [3.8, 4) is 0 Å². The first kappa shape index (κ1) is 24.7. The molecule has 0 aromatic carbocycles. The van der Waals surface area contributed by atoms with Crippen molar-refractivity contribution in [3.05, 3.63) is 23.3 Å². The Kier molecular flexibility index (Phi) is 6.14. The molecule has 0 N–H and O–H groups in total. The van der Waals surface area contributed by atoms with Gasteiger partial charge in [0.15, 0.2) is 0 Å². The molecule has 2 spiro atoms. The van der Waals surface area contributed by atoms with E-state index < -0.39 is 0 Å². The minimum Gasteiger partial charge on any atom is -0.359 e. The van der Waals surface area contributed by atoms with Gasteiger partial charge < -0.3 is 14.5 Å². The molecule has 35 heavy (non-hydrogen) atoms. The number of rotatable bonds is 5. The zero-order chi connectivity index (χ0) is 24.6. The number of piperidine rings is 1. The summed E-state index contributed by atoms with van der Waals surface area (Å²) in [5.41, 5.74) is 3.73. The van der Waals surface area contributed by atoms with E-state index in [0.29, 0.717) is 11.5 Å². The highest BCUT2D eigenvalue weighted by Crippen LogP contribution is 2.69. The lowest BCUT2D eigenvalue weighted by Crippen LogP contribution is -2.56. The number of nitrogens with zero attached hydrogens (tertiary/aromatic N) is 2. The topological polar surface area (TPSA) is 15.7 Å². The molecule has 6 aliphatic rings. The third kappa shape index (κ3) is 3.76. The van der Waals surface area contributed by atoms with E-state index in [1.54, 1.807) is 5.57 Å². The van der Waals surface area contributed by atoms with E-state index in [2.05, 4.69) is 63.9 Å². The second-order valence-corrected chi connectivity index (χ2v) is 14.5. The average molecular weight is 481 g/mol. The number of likely N-dealkylation sites (tertiary alicyclic amines) is 1. The third-order valence-corrected chi connectivity index (χ3v) is 12.5. The molecule has 0 aromatic heterocycles. The highest BCUT2D eigenvalue weighted by molar-refractivity contribution is 5.47. The molecule has 0 aromatic rings. The molecule has 3 heteroatoms. The van der Waals surface area contributed by atoms with Gasteiger partial charge in [-0.15, -0.1) is 0 Å². The minimum absolute atomic E-state index is 0.00290. The summed E-state index contributed by atoms with van der Waals surface area (Å²) >= 11 is 0. The lowest BCUT2D eigenvalue weighted by Gasteiger charge is -2.56. The normalized spacial score (nSPS) is 48.1. The maximum atomic E-state index is 7.48. The molecule has 0 radical (unpaired) electrons. The monoisotopic (exact) mass is 480 g/mol. The van der Waals surface area contributed by atoms with Crippen LogP contribution in [0, 0.1) is 35.0 Å². The lowest BCUT2D eigenvalue weighted by atomic mass is 9.55. The van der Waals surface area contributed by atoms with Gasteiger partial charge in [-0.3, -0.25) is 0 Å². The summed E-state index contributed by atoms with van der Waals surface area (Å²) in [6.07, 6.45) is 19.8. The van der Waals surface area contributed by atoms with Crippen molar-refractivity contribution in [2.75, 3.05) is 34.2 Å². The molecule has 6 rings (SSSR count). The second-order valence-electron chi connectivity index (χ2n) is 14.5. The van der Waals surface area contributed by atoms with Crippen molar-refractivity contribution in [2.24, 2.45) is 35.0 Å².